The van der Waals surface area contributed by atoms with Crippen LogP contribution in [0.4, 0.5) is 0 Å². The average molecular weight is 264 g/mol. The van der Waals surface area contributed by atoms with Crippen molar-refractivity contribution in [3.8, 4) is 0 Å². The minimum atomic E-state index is -2.50. The first-order chi connectivity index (χ1) is 8.17. The maximum Gasteiger partial charge on any atom is 0.500 e. The Balaban J connectivity index is 4.41. The van der Waals surface area contributed by atoms with Gasteiger partial charge in [0.25, 0.3) is 0 Å². The summed E-state index contributed by atoms with van der Waals surface area (Å²) in [6.45, 7) is 8.93. The molecule has 0 fully saturated rings. The molecule has 4 N–H and O–H groups in total. The van der Waals surface area contributed by atoms with Gasteiger partial charge in [-0.2, -0.15) is 0 Å². The topological polar surface area (TPSA) is 79.7 Å². The Morgan fingerprint density at radius 2 is 1.29 bits per heavy atom. The lowest BCUT2D eigenvalue weighted by Gasteiger charge is -2.29. The summed E-state index contributed by atoms with van der Waals surface area (Å²) in [5.41, 5.74) is 11.3. The molecule has 5 nitrogen and oxygen atoms in total. The number of nitrogens with two attached hydrogens (primary N) is 2. The van der Waals surface area contributed by atoms with Crippen LogP contribution in [0.25, 0.3) is 0 Å². The molecule has 6 heteroatoms. The number of rotatable bonds is 11. The third-order valence-corrected chi connectivity index (χ3v) is 5.70. The van der Waals surface area contributed by atoms with Crippen molar-refractivity contribution in [3.05, 3.63) is 0 Å². The van der Waals surface area contributed by atoms with Crippen LogP contribution >= 0.6 is 0 Å². The monoisotopic (exact) mass is 264 g/mol. The Kier molecular flexibility index (Phi) is 10.00. The van der Waals surface area contributed by atoms with Gasteiger partial charge in [0.05, 0.1) is 0 Å². The first-order valence-corrected chi connectivity index (χ1v) is 8.43. The second-order valence-corrected chi connectivity index (χ2v) is 6.59. The molecule has 0 aromatic carbocycles. The summed E-state index contributed by atoms with van der Waals surface area (Å²) in [4.78, 5) is 0. The van der Waals surface area contributed by atoms with Gasteiger partial charge in [-0.05, 0) is 46.2 Å². The van der Waals surface area contributed by atoms with Gasteiger partial charge < -0.3 is 24.7 Å². The highest BCUT2D eigenvalue weighted by molar-refractivity contribution is 6.60. The van der Waals surface area contributed by atoms with E-state index in [0.29, 0.717) is 38.8 Å². The molecule has 0 radical (unpaired) electrons. The first-order valence-electron chi connectivity index (χ1n) is 6.49. The van der Waals surface area contributed by atoms with Gasteiger partial charge in [-0.3, -0.25) is 0 Å². The molecular formula is C11H28N2O3Si. The molecule has 0 unspecified atom stereocenters. The minimum Gasteiger partial charge on any atom is -0.374 e. The zero-order valence-electron chi connectivity index (χ0n) is 11.4. The predicted molar refractivity (Wildman–Crippen MR) is 71.7 cm³/mol. The van der Waals surface area contributed by atoms with E-state index >= 15 is 0 Å². The highest BCUT2D eigenvalue weighted by atomic mass is 28.4. The second kappa shape index (κ2) is 9.99. The van der Waals surface area contributed by atoms with Crippen LogP contribution in [0.15, 0.2) is 0 Å². The summed E-state index contributed by atoms with van der Waals surface area (Å²) < 4.78 is 17.3. The van der Waals surface area contributed by atoms with E-state index in [9.17, 15) is 0 Å². The van der Waals surface area contributed by atoms with E-state index in [-0.39, 0.29) is 0 Å². The Morgan fingerprint density at radius 3 is 1.59 bits per heavy atom. The van der Waals surface area contributed by atoms with Crippen molar-refractivity contribution in [2.75, 3.05) is 32.9 Å². The molecule has 0 bridgehead atoms. The molecule has 0 aromatic heterocycles. The van der Waals surface area contributed by atoms with E-state index < -0.39 is 8.80 Å². The smallest absolute Gasteiger partial charge is 0.374 e. The van der Waals surface area contributed by atoms with Crippen LogP contribution in [0.5, 0.6) is 0 Å². The third-order valence-electron chi connectivity index (χ3n) is 2.62. The molecule has 0 atom stereocenters. The van der Waals surface area contributed by atoms with Crippen molar-refractivity contribution in [2.45, 2.75) is 33.2 Å². The van der Waals surface area contributed by atoms with Crippen LogP contribution in [0.1, 0.15) is 27.2 Å². The largest absolute Gasteiger partial charge is 0.500 e. The van der Waals surface area contributed by atoms with Crippen LogP contribution in [0.3, 0.4) is 0 Å². The van der Waals surface area contributed by atoms with Crippen LogP contribution in [-0.4, -0.2) is 41.7 Å². The van der Waals surface area contributed by atoms with Gasteiger partial charge in [0.1, 0.15) is 0 Å². The van der Waals surface area contributed by atoms with Gasteiger partial charge in [0.15, 0.2) is 0 Å². The maximum absolute atomic E-state index is 5.76. The molecule has 104 valence electrons. The molecule has 0 heterocycles. The Hall–Kier alpha value is 0.0169. The lowest BCUT2D eigenvalue weighted by Crippen LogP contribution is -2.46. The summed E-state index contributed by atoms with van der Waals surface area (Å²) in [6.07, 6.45) is 0.902. The summed E-state index contributed by atoms with van der Waals surface area (Å²) in [7, 11) is -2.50. The van der Waals surface area contributed by atoms with E-state index in [1.165, 1.54) is 0 Å². The van der Waals surface area contributed by atoms with E-state index in [4.69, 9.17) is 24.7 Å². The van der Waals surface area contributed by atoms with Gasteiger partial charge in [0.2, 0.25) is 0 Å². The fraction of sp³-hybridized carbons (Fsp3) is 1.00. The van der Waals surface area contributed by atoms with Gasteiger partial charge in [-0.1, -0.05) is 0 Å². The van der Waals surface area contributed by atoms with Gasteiger partial charge >= 0.3 is 8.80 Å². The summed E-state index contributed by atoms with van der Waals surface area (Å²) >= 11 is 0. The number of hydrogen-bond donors (Lipinski definition) is 2. The van der Waals surface area contributed by atoms with Crippen molar-refractivity contribution in [1.82, 2.24) is 0 Å². The molecule has 0 aliphatic heterocycles. The van der Waals surface area contributed by atoms with Crippen LogP contribution in [0.2, 0.25) is 6.04 Å². The molecule has 0 rings (SSSR count). The lowest BCUT2D eigenvalue weighted by molar-refractivity contribution is 0.0697. The van der Waals surface area contributed by atoms with Gasteiger partial charge in [-0.25, -0.2) is 0 Å². The van der Waals surface area contributed by atoms with E-state index in [1.807, 2.05) is 20.8 Å². The highest BCUT2D eigenvalue weighted by Gasteiger charge is 2.40. The lowest BCUT2D eigenvalue weighted by atomic mass is 10.1. The van der Waals surface area contributed by atoms with Crippen molar-refractivity contribution >= 4 is 8.80 Å². The molecule has 0 amide bonds. The van der Waals surface area contributed by atoms with Crippen molar-refractivity contribution in [2.24, 2.45) is 17.4 Å². The molecule has 17 heavy (non-hydrogen) atoms. The Morgan fingerprint density at radius 1 is 0.882 bits per heavy atom. The molecule has 0 aromatic rings. The molecule has 0 aliphatic rings. The normalized spacial score (nSPS) is 12.4. The predicted octanol–water partition coefficient (Wildman–Crippen LogP) is 0.959. The van der Waals surface area contributed by atoms with E-state index in [0.717, 1.165) is 12.5 Å². The molecule has 0 aliphatic carbocycles. The molecule has 0 spiro atoms. The number of hydrogen-bond acceptors (Lipinski definition) is 5. The molecule has 0 saturated heterocycles. The second-order valence-electron chi connectivity index (χ2n) is 3.86. The summed E-state index contributed by atoms with van der Waals surface area (Å²) in [5, 5.41) is 0. The van der Waals surface area contributed by atoms with Crippen LogP contribution < -0.4 is 11.5 Å². The van der Waals surface area contributed by atoms with Gasteiger partial charge in [0, 0.05) is 25.9 Å². The first kappa shape index (κ1) is 17.0. The Labute approximate surface area is 106 Å². The van der Waals surface area contributed by atoms with Crippen molar-refractivity contribution in [1.29, 1.82) is 0 Å². The summed E-state index contributed by atoms with van der Waals surface area (Å²) in [6, 6.07) is 0.793. The van der Waals surface area contributed by atoms with Crippen LogP contribution in [0, 0.1) is 5.92 Å². The SMILES string of the molecule is CCO[Si](CCC(CN)CN)(OCC)OCC. The van der Waals surface area contributed by atoms with Crippen molar-refractivity contribution < 1.29 is 13.3 Å². The zero-order valence-corrected chi connectivity index (χ0v) is 12.4. The van der Waals surface area contributed by atoms with Crippen LogP contribution in [-0.2, 0) is 13.3 Å². The fourth-order valence-corrected chi connectivity index (χ4v) is 4.48. The van der Waals surface area contributed by atoms with E-state index in [2.05, 4.69) is 0 Å². The third kappa shape index (κ3) is 6.49. The Bertz CT molecular complexity index is 163. The quantitative estimate of drug-likeness (QED) is 0.543. The highest BCUT2D eigenvalue weighted by Crippen LogP contribution is 2.20. The minimum absolute atomic E-state index is 0.322. The zero-order chi connectivity index (χ0) is 13.1. The fourth-order valence-electron chi connectivity index (χ4n) is 1.71. The molecule has 0 saturated carbocycles. The standard InChI is InChI=1S/C11H28N2O3Si/c1-4-14-17(15-5-2,16-6-3)8-7-11(9-12)10-13/h11H,4-10,12-13H2,1-3H3. The van der Waals surface area contributed by atoms with Crippen molar-refractivity contribution in [3.63, 3.8) is 0 Å². The summed E-state index contributed by atoms with van der Waals surface area (Å²) in [5.74, 6) is 0.322. The van der Waals surface area contributed by atoms with E-state index in [1.54, 1.807) is 0 Å². The maximum atomic E-state index is 5.76. The van der Waals surface area contributed by atoms with Gasteiger partial charge in [-0.15, -0.1) is 0 Å². The molecular weight excluding hydrogens is 236 g/mol. The average Bonchev–Trinajstić information content (AvgIpc) is 2.31.